The molecule has 2 atom stereocenters. The number of benzene rings is 3. The van der Waals surface area contributed by atoms with E-state index in [9.17, 15) is 13.2 Å². The number of fused-ring (bicyclic) bond motifs is 2. The minimum Gasteiger partial charge on any atom is -0.490 e. The van der Waals surface area contributed by atoms with Gasteiger partial charge in [-0.25, -0.2) is 4.98 Å². The molecule has 6 rings (SSSR count). The van der Waals surface area contributed by atoms with E-state index in [1.165, 1.54) is 17.7 Å². The molecule has 1 N–H and O–H groups in total. The van der Waals surface area contributed by atoms with E-state index < -0.39 is 6.36 Å². The topological polar surface area (TPSA) is 57.5 Å². The monoisotopic (exact) mass is 523 g/mol. The molecule has 0 aliphatic carbocycles. The summed E-state index contributed by atoms with van der Waals surface area (Å²) in [5.74, 6) is 1.31. The van der Waals surface area contributed by atoms with Gasteiger partial charge >= 0.3 is 6.36 Å². The van der Waals surface area contributed by atoms with E-state index in [2.05, 4.69) is 35.2 Å². The number of aromatic nitrogens is 2. The van der Waals surface area contributed by atoms with Gasteiger partial charge in [0.1, 0.15) is 29.5 Å². The summed E-state index contributed by atoms with van der Waals surface area (Å²) in [6, 6.07) is 16.5. The molecule has 3 heterocycles. The molecule has 1 saturated heterocycles. The van der Waals surface area contributed by atoms with Crippen LogP contribution in [-0.4, -0.2) is 28.6 Å². The molecular formula is C29H28F3N3O3. The minimum absolute atomic E-state index is 0.193. The van der Waals surface area contributed by atoms with E-state index in [-0.39, 0.29) is 18.0 Å². The second-order valence-corrected chi connectivity index (χ2v) is 9.88. The fourth-order valence-electron chi connectivity index (χ4n) is 5.34. The zero-order valence-electron chi connectivity index (χ0n) is 21.1. The van der Waals surface area contributed by atoms with Crippen molar-refractivity contribution in [1.29, 1.82) is 0 Å². The first-order chi connectivity index (χ1) is 18.2. The molecule has 198 valence electrons. The minimum atomic E-state index is -4.77. The van der Waals surface area contributed by atoms with E-state index in [1.54, 1.807) is 6.07 Å². The molecule has 9 heteroatoms. The van der Waals surface area contributed by atoms with Gasteiger partial charge < -0.3 is 19.5 Å². The lowest BCUT2D eigenvalue weighted by Crippen LogP contribution is -2.17. The smallest absolute Gasteiger partial charge is 0.490 e. The summed E-state index contributed by atoms with van der Waals surface area (Å²) in [7, 11) is 0. The zero-order chi connectivity index (χ0) is 26.4. The predicted molar refractivity (Wildman–Crippen MR) is 138 cm³/mol. The summed E-state index contributed by atoms with van der Waals surface area (Å²) >= 11 is 0. The molecule has 2 aliphatic heterocycles. The van der Waals surface area contributed by atoms with Crippen LogP contribution in [0.3, 0.4) is 0 Å². The van der Waals surface area contributed by atoms with Crippen LogP contribution in [0.25, 0.3) is 16.7 Å². The van der Waals surface area contributed by atoms with Gasteiger partial charge in [0.05, 0.1) is 16.7 Å². The van der Waals surface area contributed by atoms with Gasteiger partial charge in [-0.15, -0.1) is 13.2 Å². The first-order valence-corrected chi connectivity index (χ1v) is 12.8. The molecule has 1 aromatic heterocycles. The van der Waals surface area contributed by atoms with Crippen molar-refractivity contribution < 1.29 is 27.4 Å². The van der Waals surface area contributed by atoms with Crippen molar-refractivity contribution in [2.75, 3.05) is 11.9 Å². The molecule has 0 amide bonds. The molecule has 6 nitrogen and oxygen atoms in total. The lowest BCUT2D eigenvalue weighted by atomic mass is 10.1. The summed E-state index contributed by atoms with van der Waals surface area (Å²) in [4.78, 5) is 4.73. The fourth-order valence-corrected chi connectivity index (χ4v) is 5.34. The quantitative estimate of drug-likeness (QED) is 0.294. The number of halogens is 3. The molecule has 0 spiro atoms. The number of alkyl halides is 3. The van der Waals surface area contributed by atoms with Crippen molar-refractivity contribution in [1.82, 2.24) is 9.55 Å². The average molecular weight is 524 g/mol. The normalized spacial score (nSPS) is 19.0. The summed E-state index contributed by atoms with van der Waals surface area (Å²) in [6.07, 6.45) is -2.18. The van der Waals surface area contributed by atoms with Crippen LogP contribution in [0, 0.1) is 6.92 Å². The van der Waals surface area contributed by atoms with Crippen LogP contribution in [0.4, 0.5) is 18.9 Å². The van der Waals surface area contributed by atoms with Crippen molar-refractivity contribution in [2.45, 2.75) is 58.2 Å². The van der Waals surface area contributed by atoms with Gasteiger partial charge in [0.2, 0.25) is 0 Å². The maximum absolute atomic E-state index is 12.8. The highest BCUT2D eigenvalue weighted by atomic mass is 19.4. The molecular weight excluding hydrogens is 495 g/mol. The summed E-state index contributed by atoms with van der Waals surface area (Å²) in [6.45, 7) is 5.34. The maximum Gasteiger partial charge on any atom is 0.573 e. The van der Waals surface area contributed by atoms with Crippen LogP contribution >= 0.6 is 0 Å². The predicted octanol–water partition coefficient (Wildman–Crippen LogP) is 7.02. The Morgan fingerprint density at radius 3 is 2.79 bits per heavy atom. The number of rotatable bonds is 6. The second-order valence-electron chi connectivity index (χ2n) is 9.88. The molecule has 0 radical (unpaired) electrons. The lowest BCUT2D eigenvalue weighted by molar-refractivity contribution is -0.274. The maximum atomic E-state index is 12.8. The number of ether oxygens (including phenoxy) is 3. The Morgan fingerprint density at radius 1 is 1.13 bits per heavy atom. The van der Waals surface area contributed by atoms with Crippen molar-refractivity contribution >= 4 is 16.7 Å². The van der Waals surface area contributed by atoms with Crippen LogP contribution in [0.15, 0.2) is 54.6 Å². The first-order valence-electron chi connectivity index (χ1n) is 12.8. The molecule has 2 aliphatic rings. The van der Waals surface area contributed by atoms with E-state index in [4.69, 9.17) is 14.5 Å². The summed E-state index contributed by atoms with van der Waals surface area (Å²) in [5.41, 5.74) is 6.37. The number of nitrogens with one attached hydrogen (secondary N) is 1. The number of hydrogen-bond acceptors (Lipinski definition) is 5. The highest BCUT2D eigenvalue weighted by Gasteiger charge is 2.32. The standard InChI is InChI=1S/C29H28F3N3O3/c1-17-13-19-8-9-21(14-27(19)37-17)33-16-20-5-3-6-24(18(20)2)35-25-11-10-22(38-29(30,31)32)15-23(25)34-28(35)26-7-4-12-36-26/h3,5-6,8-11,14-15,17,26,33H,4,7,12-13,16H2,1-2H3/t17-,26?/m1/s1. The van der Waals surface area contributed by atoms with Crippen LogP contribution in [-0.2, 0) is 17.7 Å². The number of anilines is 1. The average Bonchev–Trinajstić information content (AvgIpc) is 3.59. The summed E-state index contributed by atoms with van der Waals surface area (Å²) < 4.78 is 56.5. The second kappa shape index (κ2) is 9.54. The molecule has 0 bridgehead atoms. The SMILES string of the molecule is Cc1c(CNc2ccc3c(c2)O[C@H](C)C3)cccc1-n1c(C2CCCO2)nc2cc(OC(F)(F)F)ccc21. The Balaban J connectivity index is 1.35. The highest BCUT2D eigenvalue weighted by Crippen LogP contribution is 2.36. The third kappa shape index (κ3) is 4.78. The Kier molecular flexibility index (Phi) is 6.18. The summed E-state index contributed by atoms with van der Waals surface area (Å²) in [5, 5.41) is 3.50. The third-order valence-corrected chi connectivity index (χ3v) is 7.15. The fraction of sp³-hybridized carbons (Fsp3) is 0.345. The van der Waals surface area contributed by atoms with Crippen LogP contribution < -0.4 is 14.8 Å². The molecule has 38 heavy (non-hydrogen) atoms. The van der Waals surface area contributed by atoms with Crippen LogP contribution in [0.5, 0.6) is 11.5 Å². The van der Waals surface area contributed by atoms with E-state index in [0.29, 0.717) is 30.0 Å². The van der Waals surface area contributed by atoms with Gasteiger partial charge in [0.25, 0.3) is 0 Å². The Bertz CT molecular complexity index is 1490. The Hall–Kier alpha value is -3.72. The van der Waals surface area contributed by atoms with Crippen molar-refractivity contribution in [2.24, 2.45) is 0 Å². The first kappa shape index (κ1) is 24.6. The highest BCUT2D eigenvalue weighted by molar-refractivity contribution is 5.80. The van der Waals surface area contributed by atoms with Crippen molar-refractivity contribution in [3.63, 3.8) is 0 Å². The van der Waals surface area contributed by atoms with E-state index in [0.717, 1.165) is 47.5 Å². The molecule has 3 aromatic carbocycles. The lowest BCUT2D eigenvalue weighted by Gasteiger charge is -2.18. The molecule has 4 aromatic rings. The Labute approximate surface area is 218 Å². The molecule has 1 unspecified atom stereocenters. The van der Waals surface area contributed by atoms with Crippen LogP contribution in [0.1, 0.15) is 48.4 Å². The van der Waals surface area contributed by atoms with Gasteiger partial charge in [-0.2, -0.15) is 0 Å². The van der Waals surface area contributed by atoms with Crippen LogP contribution in [0.2, 0.25) is 0 Å². The van der Waals surface area contributed by atoms with Crippen molar-refractivity contribution in [3.8, 4) is 17.2 Å². The van der Waals surface area contributed by atoms with Gasteiger partial charge in [-0.1, -0.05) is 18.2 Å². The Morgan fingerprint density at radius 2 is 2.00 bits per heavy atom. The van der Waals surface area contributed by atoms with Gasteiger partial charge in [0, 0.05) is 37.4 Å². The van der Waals surface area contributed by atoms with Gasteiger partial charge in [-0.05, 0) is 67.6 Å². The molecule has 1 fully saturated rings. The number of imidazole rings is 1. The van der Waals surface area contributed by atoms with Gasteiger partial charge in [-0.3, -0.25) is 4.57 Å². The third-order valence-electron chi connectivity index (χ3n) is 7.15. The van der Waals surface area contributed by atoms with E-state index >= 15 is 0 Å². The largest absolute Gasteiger partial charge is 0.573 e. The molecule has 0 saturated carbocycles. The number of nitrogens with zero attached hydrogens (tertiary/aromatic N) is 2. The van der Waals surface area contributed by atoms with E-state index in [1.807, 2.05) is 29.7 Å². The zero-order valence-corrected chi connectivity index (χ0v) is 21.1. The number of hydrogen-bond donors (Lipinski definition) is 1. The van der Waals surface area contributed by atoms with Crippen molar-refractivity contribution in [3.05, 3.63) is 77.1 Å². The van der Waals surface area contributed by atoms with Gasteiger partial charge in [0.15, 0.2) is 0 Å².